The van der Waals surface area contributed by atoms with Crippen molar-refractivity contribution in [3.63, 3.8) is 0 Å². The molecule has 0 aliphatic heterocycles. The number of hydrogen-bond donors (Lipinski definition) is 1. The number of nitrogens with zero attached hydrogens (tertiary/aromatic N) is 1. The number of carbonyl (C=O) groups is 1. The fraction of sp³-hybridized carbons (Fsp3) is 0.158. The zero-order valence-corrected chi connectivity index (χ0v) is 16.0. The van der Waals surface area contributed by atoms with Gasteiger partial charge in [0.2, 0.25) is 5.91 Å². The number of benzene rings is 2. The second-order valence-electron chi connectivity index (χ2n) is 5.52. The summed E-state index contributed by atoms with van der Waals surface area (Å²) >= 11 is 9.10. The minimum Gasteiger partial charge on any atom is -0.326 e. The molecule has 6 heteroatoms. The molecule has 1 heterocycles. The van der Waals surface area contributed by atoms with E-state index in [1.165, 1.54) is 0 Å². The van der Waals surface area contributed by atoms with Crippen molar-refractivity contribution in [2.75, 3.05) is 11.1 Å². The summed E-state index contributed by atoms with van der Waals surface area (Å²) in [5, 5.41) is 5.67. The van der Waals surface area contributed by atoms with E-state index in [2.05, 4.69) is 10.3 Å². The molecule has 1 aromatic heterocycles. The Morgan fingerprint density at radius 2 is 2.04 bits per heavy atom. The number of thioether (sulfide) groups is 1. The number of hydrogen-bond acceptors (Lipinski definition) is 4. The third-order valence-corrected chi connectivity index (χ3v) is 5.75. The molecule has 0 fully saturated rings. The summed E-state index contributed by atoms with van der Waals surface area (Å²) in [6.45, 7) is 2.01. The van der Waals surface area contributed by atoms with Crippen LogP contribution in [-0.2, 0) is 4.79 Å². The number of aromatic nitrogens is 1. The Bertz CT molecular complexity index is 862. The van der Waals surface area contributed by atoms with E-state index < -0.39 is 0 Å². The third kappa shape index (κ3) is 5.33. The molecule has 0 aliphatic carbocycles. The van der Waals surface area contributed by atoms with E-state index in [-0.39, 0.29) is 5.91 Å². The van der Waals surface area contributed by atoms with Crippen molar-refractivity contribution in [1.82, 2.24) is 4.98 Å². The summed E-state index contributed by atoms with van der Waals surface area (Å²) in [5.74, 6) is 0.721. The van der Waals surface area contributed by atoms with Gasteiger partial charge in [0.25, 0.3) is 0 Å². The minimum atomic E-state index is 0.0209. The summed E-state index contributed by atoms with van der Waals surface area (Å²) in [7, 11) is 0. The maximum atomic E-state index is 12.0. The zero-order valence-electron chi connectivity index (χ0n) is 13.7. The first-order valence-corrected chi connectivity index (χ1v) is 10.1. The summed E-state index contributed by atoms with van der Waals surface area (Å²) in [6.07, 6.45) is 0.453. The molecule has 0 bridgehead atoms. The lowest BCUT2D eigenvalue weighted by Crippen LogP contribution is -2.12. The molecular formula is C19H17ClN2OS2. The minimum absolute atomic E-state index is 0.0209. The second-order valence-corrected chi connectivity index (χ2v) is 8.16. The lowest BCUT2D eigenvalue weighted by Gasteiger charge is -2.05. The van der Waals surface area contributed by atoms with E-state index in [4.69, 9.17) is 11.6 Å². The van der Waals surface area contributed by atoms with Gasteiger partial charge in [-0.25, -0.2) is 4.98 Å². The normalized spacial score (nSPS) is 10.6. The van der Waals surface area contributed by atoms with Crippen LogP contribution in [0, 0.1) is 6.92 Å². The van der Waals surface area contributed by atoms with E-state index in [1.807, 2.05) is 60.8 Å². The third-order valence-electron chi connectivity index (χ3n) is 3.48. The van der Waals surface area contributed by atoms with Crippen LogP contribution in [0.2, 0.25) is 5.02 Å². The van der Waals surface area contributed by atoms with Gasteiger partial charge in [-0.15, -0.1) is 11.3 Å². The Balaban J connectivity index is 1.49. The lowest BCUT2D eigenvalue weighted by molar-refractivity contribution is -0.115. The highest BCUT2D eigenvalue weighted by atomic mass is 35.5. The molecule has 3 rings (SSSR count). The zero-order chi connectivity index (χ0) is 17.6. The molecule has 0 radical (unpaired) electrons. The van der Waals surface area contributed by atoms with Crippen LogP contribution in [0.25, 0.3) is 11.3 Å². The van der Waals surface area contributed by atoms with Gasteiger partial charge in [0.05, 0.1) is 5.69 Å². The van der Waals surface area contributed by atoms with E-state index in [0.717, 1.165) is 26.8 Å². The first kappa shape index (κ1) is 18.0. The van der Waals surface area contributed by atoms with Crippen LogP contribution in [0.4, 0.5) is 5.69 Å². The van der Waals surface area contributed by atoms with Crippen LogP contribution >= 0.6 is 34.7 Å². The first-order valence-electron chi connectivity index (χ1n) is 7.81. The van der Waals surface area contributed by atoms with Crippen molar-refractivity contribution in [3.8, 4) is 11.3 Å². The maximum Gasteiger partial charge on any atom is 0.225 e. The average Bonchev–Trinajstić information content (AvgIpc) is 3.04. The highest BCUT2D eigenvalue weighted by Gasteiger charge is 2.07. The highest BCUT2D eigenvalue weighted by molar-refractivity contribution is 8.01. The van der Waals surface area contributed by atoms with E-state index in [1.54, 1.807) is 23.1 Å². The van der Waals surface area contributed by atoms with Gasteiger partial charge >= 0.3 is 0 Å². The summed E-state index contributed by atoms with van der Waals surface area (Å²) in [4.78, 5) is 16.6. The number of amides is 1. The summed E-state index contributed by atoms with van der Waals surface area (Å²) in [5.41, 5.74) is 3.96. The fourth-order valence-corrected chi connectivity index (χ4v) is 4.22. The van der Waals surface area contributed by atoms with Crippen molar-refractivity contribution in [3.05, 3.63) is 64.5 Å². The van der Waals surface area contributed by atoms with Crippen molar-refractivity contribution in [2.45, 2.75) is 17.7 Å². The van der Waals surface area contributed by atoms with Gasteiger partial charge in [-0.1, -0.05) is 47.6 Å². The molecule has 3 nitrogen and oxygen atoms in total. The molecule has 128 valence electrons. The molecule has 0 saturated heterocycles. The van der Waals surface area contributed by atoms with Crippen LogP contribution in [0.5, 0.6) is 0 Å². The molecule has 0 unspecified atom stereocenters. The molecule has 2 aromatic carbocycles. The first-order chi connectivity index (χ1) is 12.1. The monoisotopic (exact) mass is 388 g/mol. The van der Waals surface area contributed by atoms with Crippen LogP contribution < -0.4 is 5.32 Å². The molecular weight excluding hydrogens is 372 g/mol. The van der Waals surface area contributed by atoms with Crippen LogP contribution in [0.15, 0.2) is 58.3 Å². The number of thiazole rings is 1. The van der Waals surface area contributed by atoms with E-state index in [9.17, 15) is 4.79 Å². The van der Waals surface area contributed by atoms with Gasteiger partial charge in [-0.3, -0.25) is 4.79 Å². The van der Waals surface area contributed by atoms with Crippen molar-refractivity contribution < 1.29 is 4.79 Å². The molecule has 0 saturated carbocycles. The lowest BCUT2D eigenvalue weighted by atomic mass is 10.2. The van der Waals surface area contributed by atoms with Gasteiger partial charge in [-0.05, 0) is 36.8 Å². The fourth-order valence-electron chi connectivity index (χ4n) is 2.25. The average molecular weight is 389 g/mol. The Hall–Kier alpha value is -1.82. The Morgan fingerprint density at radius 3 is 2.80 bits per heavy atom. The molecule has 3 aromatic rings. The van der Waals surface area contributed by atoms with Gasteiger partial charge in [0.15, 0.2) is 4.34 Å². The Morgan fingerprint density at radius 1 is 1.24 bits per heavy atom. The number of nitrogens with one attached hydrogen (secondary N) is 1. The van der Waals surface area contributed by atoms with Crippen molar-refractivity contribution in [2.24, 2.45) is 0 Å². The SMILES string of the molecule is Cc1cccc(NC(=O)CCSc2nc(-c3ccc(Cl)cc3)cs2)c1. The number of anilines is 1. The van der Waals surface area contributed by atoms with Gasteiger partial charge in [-0.2, -0.15) is 0 Å². The summed E-state index contributed by atoms with van der Waals surface area (Å²) < 4.78 is 0.966. The molecule has 1 N–H and O–H groups in total. The topological polar surface area (TPSA) is 42.0 Å². The number of aryl methyl sites for hydroxylation is 1. The van der Waals surface area contributed by atoms with Crippen molar-refractivity contribution >= 4 is 46.3 Å². The molecule has 1 amide bonds. The van der Waals surface area contributed by atoms with E-state index in [0.29, 0.717) is 17.2 Å². The quantitative estimate of drug-likeness (QED) is 0.535. The van der Waals surface area contributed by atoms with Crippen LogP contribution in [0.3, 0.4) is 0 Å². The molecule has 0 atom stereocenters. The van der Waals surface area contributed by atoms with Gasteiger partial charge in [0.1, 0.15) is 0 Å². The Kier molecular flexibility index (Phi) is 6.13. The van der Waals surface area contributed by atoms with E-state index >= 15 is 0 Å². The molecule has 25 heavy (non-hydrogen) atoms. The largest absolute Gasteiger partial charge is 0.326 e. The van der Waals surface area contributed by atoms with Crippen molar-refractivity contribution in [1.29, 1.82) is 0 Å². The second kappa shape index (κ2) is 8.52. The Labute approximate surface area is 160 Å². The standard InChI is InChI=1S/C19H17ClN2OS2/c1-13-3-2-4-16(11-13)21-18(23)9-10-24-19-22-17(12-25-19)14-5-7-15(20)8-6-14/h2-8,11-12H,9-10H2,1H3,(H,21,23). The number of rotatable bonds is 6. The highest BCUT2D eigenvalue weighted by Crippen LogP contribution is 2.29. The predicted octanol–water partition coefficient (Wildman–Crippen LogP) is 5.89. The predicted molar refractivity (Wildman–Crippen MR) is 108 cm³/mol. The number of carbonyl (C=O) groups excluding carboxylic acids is 1. The number of halogens is 1. The van der Waals surface area contributed by atoms with Gasteiger partial charge in [0, 0.05) is 33.8 Å². The maximum absolute atomic E-state index is 12.0. The summed E-state index contributed by atoms with van der Waals surface area (Å²) in [6, 6.07) is 15.4. The smallest absolute Gasteiger partial charge is 0.225 e. The van der Waals surface area contributed by atoms with Gasteiger partial charge < -0.3 is 5.32 Å². The molecule has 0 spiro atoms. The molecule has 0 aliphatic rings. The van der Waals surface area contributed by atoms with Crippen LogP contribution in [0.1, 0.15) is 12.0 Å². The van der Waals surface area contributed by atoms with Crippen LogP contribution in [-0.4, -0.2) is 16.6 Å².